The molecule has 0 bridgehead atoms. The highest BCUT2D eigenvalue weighted by atomic mass is 32.1. The predicted octanol–water partition coefficient (Wildman–Crippen LogP) is 3.40. The van der Waals surface area contributed by atoms with Crippen molar-refractivity contribution >= 4 is 46.6 Å². The number of nitrogens with zero attached hydrogens (tertiary/aromatic N) is 1. The van der Waals surface area contributed by atoms with Gasteiger partial charge < -0.3 is 10.6 Å². The van der Waals surface area contributed by atoms with Crippen molar-refractivity contribution in [1.82, 2.24) is 5.43 Å². The number of aryl methyl sites for hydroxylation is 1. The smallest absolute Gasteiger partial charge is 0.322 e. The largest absolute Gasteiger partial charge is 0.329 e. The van der Waals surface area contributed by atoms with Gasteiger partial charge in [0, 0.05) is 10.6 Å². The van der Waals surface area contributed by atoms with E-state index in [9.17, 15) is 14.4 Å². The van der Waals surface area contributed by atoms with Crippen LogP contribution in [-0.2, 0) is 9.59 Å². The quantitative estimate of drug-likeness (QED) is 0.344. The fourth-order valence-electron chi connectivity index (χ4n) is 2.46. The lowest BCUT2D eigenvalue weighted by Gasteiger charge is -2.11. The van der Waals surface area contributed by atoms with E-state index in [2.05, 4.69) is 21.2 Å². The minimum Gasteiger partial charge on any atom is -0.322 e. The monoisotopic (exact) mass is 406 g/mol. The van der Waals surface area contributed by atoms with E-state index in [-0.39, 0.29) is 11.3 Å². The third-order valence-electron chi connectivity index (χ3n) is 3.80. The molecule has 0 aliphatic rings. The average Bonchev–Trinajstić information content (AvgIpc) is 3.21. The minimum absolute atomic E-state index is 0.222. The van der Waals surface area contributed by atoms with Gasteiger partial charge in [0.1, 0.15) is 0 Å². The van der Waals surface area contributed by atoms with Gasteiger partial charge in [0.15, 0.2) is 0 Å². The summed E-state index contributed by atoms with van der Waals surface area (Å²) in [5.41, 5.74) is 4.26. The molecule has 3 amide bonds. The zero-order valence-electron chi connectivity index (χ0n) is 15.5. The number of carbonyl (C=O) groups excluding carboxylic acids is 3. The fourth-order valence-corrected chi connectivity index (χ4v) is 3.05. The Morgan fingerprint density at radius 2 is 1.76 bits per heavy atom. The molecule has 0 saturated carbocycles. The van der Waals surface area contributed by atoms with E-state index in [1.54, 1.807) is 30.3 Å². The van der Waals surface area contributed by atoms with E-state index in [0.29, 0.717) is 5.69 Å². The van der Waals surface area contributed by atoms with Crippen molar-refractivity contribution in [2.75, 3.05) is 10.6 Å². The molecule has 3 N–H and O–H groups in total. The van der Waals surface area contributed by atoms with Crippen LogP contribution < -0.4 is 16.1 Å². The van der Waals surface area contributed by atoms with Gasteiger partial charge in [0.2, 0.25) is 0 Å². The maximum Gasteiger partial charge on any atom is 0.329 e. The number of thiophene rings is 1. The molecule has 0 saturated heterocycles. The Morgan fingerprint density at radius 3 is 2.52 bits per heavy atom. The number of nitrogens with one attached hydrogen (secondary N) is 3. The normalized spacial score (nSPS) is 10.5. The van der Waals surface area contributed by atoms with E-state index < -0.39 is 17.7 Å². The lowest BCUT2D eigenvalue weighted by Crippen LogP contribution is -2.33. The van der Waals surface area contributed by atoms with Gasteiger partial charge in [-0.15, -0.1) is 11.3 Å². The molecule has 2 aromatic carbocycles. The van der Waals surface area contributed by atoms with Gasteiger partial charge in [0.25, 0.3) is 5.91 Å². The molecule has 0 aliphatic carbocycles. The summed E-state index contributed by atoms with van der Waals surface area (Å²) in [6.07, 6.45) is 1.44. The van der Waals surface area contributed by atoms with E-state index in [1.165, 1.54) is 17.6 Å². The van der Waals surface area contributed by atoms with Crippen LogP contribution in [0.4, 0.5) is 11.4 Å². The van der Waals surface area contributed by atoms with Crippen molar-refractivity contribution in [3.05, 3.63) is 82.0 Å². The second kappa shape index (κ2) is 9.43. The van der Waals surface area contributed by atoms with E-state index in [4.69, 9.17) is 0 Å². The van der Waals surface area contributed by atoms with Gasteiger partial charge in [-0.1, -0.05) is 30.3 Å². The van der Waals surface area contributed by atoms with Crippen LogP contribution in [0.3, 0.4) is 0 Å². The molecule has 0 unspecified atom stereocenters. The molecule has 3 rings (SSSR count). The molecule has 1 aromatic heterocycles. The summed E-state index contributed by atoms with van der Waals surface area (Å²) in [5, 5.41) is 10.8. The Bertz CT molecular complexity index is 1060. The Balaban J connectivity index is 1.65. The molecule has 0 radical (unpaired) electrons. The van der Waals surface area contributed by atoms with E-state index in [1.807, 2.05) is 42.6 Å². The lowest BCUT2D eigenvalue weighted by atomic mass is 10.1. The summed E-state index contributed by atoms with van der Waals surface area (Å²) in [6, 6.07) is 17.5. The molecular formula is C21H18N4O3S. The van der Waals surface area contributed by atoms with E-state index in [0.717, 1.165) is 10.4 Å². The number of benzene rings is 2. The van der Waals surface area contributed by atoms with Crippen LogP contribution in [0.1, 0.15) is 20.8 Å². The summed E-state index contributed by atoms with van der Waals surface area (Å²) in [5.74, 6) is -2.27. The number of hydrogen-bond donors (Lipinski definition) is 3. The van der Waals surface area contributed by atoms with Gasteiger partial charge >= 0.3 is 11.8 Å². The molecule has 146 valence electrons. The van der Waals surface area contributed by atoms with Gasteiger partial charge in [-0.2, -0.15) is 5.10 Å². The highest BCUT2D eigenvalue weighted by Gasteiger charge is 2.17. The third-order valence-corrected chi connectivity index (χ3v) is 4.61. The third kappa shape index (κ3) is 5.60. The Labute approximate surface area is 171 Å². The van der Waals surface area contributed by atoms with Crippen LogP contribution in [-0.4, -0.2) is 23.9 Å². The Kier molecular flexibility index (Phi) is 6.49. The zero-order chi connectivity index (χ0) is 20.6. The number of para-hydroxylation sites is 1. The SMILES string of the molecule is Cc1cccc(NC(=O)c2ccccc2NC(=O)C(=O)NN=Cc2cccs2)c1. The number of hydrogen-bond acceptors (Lipinski definition) is 5. The number of rotatable bonds is 5. The average molecular weight is 406 g/mol. The van der Waals surface area contributed by atoms with E-state index >= 15 is 0 Å². The molecule has 8 heteroatoms. The maximum atomic E-state index is 12.6. The fraction of sp³-hybridized carbons (Fsp3) is 0.0476. The molecule has 0 atom stereocenters. The molecule has 1 heterocycles. The van der Waals surface area contributed by atoms with Gasteiger partial charge in [0.05, 0.1) is 17.5 Å². The first-order chi connectivity index (χ1) is 14.0. The molecular weight excluding hydrogens is 388 g/mol. The summed E-state index contributed by atoms with van der Waals surface area (Å²) < 4.78 is 0. The van der Waals surface area contributed by atoms with Crippen molar-refractivity contribution in [2.45, 2.75) is 6.92 Å². The van der Waals surface area contributed by atoms with Crippen LogP contribution in [0.15, 0.2) is 71.1 Å². The second-order valence-corrected chi connectivity index (χ2v) is 7.02. The number of amides is 3. The van der Waals surface area contributed by atoms with Crippen LogP contribution in [0.25, 0.3) is 0 Å². The number of hydrazone groups is 1. The summed E-state index contributed by atoms with van der Waals surface area (Å²) in [7, 11) is 0. The number of anilines is 2. The highest BCUT2D eigenvalue weighted by Crippen LogP contribution is 2.18. The Hall–Kier alpha value is -3.78. The lowest BCUT2D eigenvalue weighted by molar-refractivity contribution is -0.136. The standard InChI is InChI=1S/C21H18N4O3S/c1-14-6-4-7-15(12-14)23-19(26)17-9-2-3-10-18(17)24-20(27)21(28)25-22-13-16-8-5-11-29-16/h2-13H,1H3,(H,23,26)(H,24,27)(H,25,28). The van der Waals surface area contributed by atoms with Crippen LogP contribution >= 0.6 is 11.3 Å². The Morgan fingerprint density at radius 1 is 0.931 bits per heavy atom. The van der Waals surface area contributed by atoms with Gasteiger partial charge in [-0.05, 0) is 48.2 Å². The first kappa shape index (κ1) is 20.0. The molecule has 7 nitrogen and oxygen atoms in total. The predicted molar refractivity (Wildman–Crippen MR) is 114 cm³/mol. The molecule has 29 heavy (non-hydrogen) atoms. The topological polar surface area (TPSA) is 99.7 Å². The number of carbonyl (C=O) groups is 3. The first-order valence-corrected chi connectivity index (χ1v) is 9.56. The van der Waals surface area contributed by atoms with Crippen LogP contribution in [0, 0.1) is 6.92 Å². The zero-order valence-corrected chi connectivity index (χ0v) is 16.3. The summed E-state index contributed by atoms with van der Waals surface area (Å²) >= 11 is 1.45. The second-order valence-electron chi connectivity index (χ2n) is 6.04. The van der Waals surface area contributed by atoms with Crippen molar-refractivity contribution < 1.29 is 14.4 Å². The van der Waals surface area contributed by atoms with Gasteiger partial charge in [-0.25, -0.2) is 5.43 Å². The molecule has 0 fully saturated rings. The van der Waals surface area contributed by atoms with Crippen molar-refractivity contribution in [1.29, 1.82) is 0 Å². The maximum absolute atomic E-state index is 12.6. The highest BCUT2D eigenvalue weighted by molar-refractivity contribution is 7.11. The van der Waals surface area contributed by atoms with Crippen LogP contribution in [0.5, 0.6) is 0 Å². The molecule has 3 aromatic rings. The van der Waals surface area contributed by atoms with Gasteiger partial charge in [-0.3, -0.25) is 14.4 Å². The first-order valence-electron chi connectivity index (χ1n) is 8.68. The molecule has 0 aliphatic heterocycles. The van der Waals surface area contributed by atoms with Crippen LogP contribution in [0.2, 0.25) is 0 Å². The van der Waals surface area contributed by atoms with Crippen molar-refractivity contribution in [3.63, 3.8) is 0 Å². The summed E-state index contributed by atoms with van der Waals surface area (Å²) in [6.45, 7) is 1.92. The van der Waals surface area contributed by atoms with Crippen molar-refractivity contribution in [3.8, 4) is 0 Å². The summed E-state index contributed by atoms with van der Waals surface area (Å²) in [4.78, 5) is 37.6. The minimum atomic E-state index is -0.938. The molecule has 0 spiro atoms. The van der Waals surface area contributed by atoms with Crippen molar-refractivity contribution in [2.24, 2.45) is 5.10 Å².